The summed E-state index contributed by atoms with van der Waals surface area (Å²) in [6, 6.07) is 8.55. The maximum absolute atomic E-state index is 13.4. The van der Waals surface area contributed by atoms with Crippen LogP contribution in [0.1, 0.15) is 34.4 Å². The van der Waals surface area contributed by atoms with Gasteiger partial charge in [0.1, 0.15) is 17.1 Å². The van der Waals surface area contributed by atoms with E-state index >= 15 is 0 Å². The van der Waals surface area contributed by atoms with Crippen LogP contribution in [-0.4, -0.2) is 31.7 Å². The van der Waals surface area contributed by atoms with Gasteiger partial charge in [0.05, 0.1) is 34.7 Å². The number of carbonyl (C=O) groups is 1. The molecule has 0 atom stereocenters. The van der Waals surface area contributed by atoms with E-state index in [1.165, 1.54) is 17.7 Å². The second-order valence-corrected chi connectivity index (χ2v) is 7.87. The summed E-state index contributed by atoms with van der Waals surface area (Å²) in [6.07, 6.45) is 0. The van der Waals surface area contributed by atoms with Crippen molar-refractivity contribution in [1.82, 2.24) is 19.1 Å². The topological polar surface area (TPSA) is 109 Å². The lowest BCUT2D eigenvalue weighted by atomic mass is 10.1. The number of hydrogen-bond acceptors (Lipinski definition) is 7. The Bertz CT molecular complexity index is 1520. The molecule has 170 valence electrons. The quantitative estimate of drug-likeness (QED) is 0.413. The molecular formula is C23H21ClN4O5. The fourth-order valence-electron chi connectivity index (χ4n) is 3.59. The number of fused-ring (bicyclic) bond motifs is 1. The highest BCUT2D eigenvalue weighted by molar-refractivity contribution is 6.33. The second-order valence-electron chi connectivity index (χ2n) is 7.46. The van der Waals surface area contributed by atoms with Crippen LogP contribution in [0.25, 0.3) is 22.5 Å². The van der Waals surface area contributed by atoms with Crippen LogP contribution in [-0.2, 0) is 18.3 Å². The minimum absolute atomic E-state index is 0.00799. The first-order valence-electron chi connectivity index (χ1n) is 10.2. The number of aryl methyl sites for hydroxylation is 3. The maximum Gasteiger partial charge on any atom is 0.339 e. The molecule has 0 saturated heterocycles. The number of benzene rings is 1. The van der Waals surface area contributed by atoms with Crippen molar-refractivity contribution < 1.29 is 13.9 Å². The maximum atomic E-state index is 13.4. The predicted molar refractivity (Wildman–Crippen MR) is 123 cm³/mol. The van der Waals surface area contributed by atoms with Crippen LogP contribution in [0.2, 0.25) is 5.02 Å². The van der Waals surface area contributed by atoms with Gasteiger partial charge in [-0.1, -0.05) is 23.7 Å². The van der Waals surface area contributed by atoms with Crippen LogP contribution in [0.4, 0.5) is 0 Å². The molecule has 4 rings (SSSR count). The van der Waals surface area contributed by atoms with Gasteiger partial charge in [0.2, 0.25) is 5.89 Å². The lowest BCUT2D eigenvalue weighted by molar-refractivity contribution is 0.0528. The molecule has 0 spiro atoms. The van der Waals surface area contributed by atoms with Crippen molar-refractivity contribution in [2.75, 3.05) is 6.61 Å². The summed E-state index contributed by atoms with van der Waals surface area (Å²) in [5.41, 5.74) is 0.375. The van der Waals surface area contributed by atoms with Gasteiger partial charge in [-0.3, -0.25) is 13.9 Å². The Labute approximate surface area is 193 Å². The number of esters is 1. The Morgan fingerprint density at radius 1 is 1.18 bits per heavy atom. The Hall–Kier alpha value is -3.72. The highest BCUT2D eigenvalue weighted by atomic mass is 35.5. The SMILES string of the molecule is CCOC(=O)c1cc(C)nc2c1c(=O)n(Cc1nc(-c3ccccc3Cl)oc1C)c(=O)n2C. The number of oxazole rings is 1. The lowest BCUT2D eigenvalue weighted by Gasteiger charge is -2.12. The van der Waals surface area contributed by atoms with Crippen molar-refractivity contribution in [3.63, 3.8) is 0 Å². The molecule has 0 amide bonds. The number of aromatic nitrogens is 4. The molecule has 4 aromatic rings. The molecular weight excluding hydrogens is 448 g/mol. The summed E-state index contributed by atoms with van der Waals surface area (Å²) in [7, 11) is 1.49. The van der Waals surface area contributed by atoms with E-state index in [1.807, 2.05) is 0 Å². The Kier molecular flexibility index (Phi) is 5.90. The summed E-state index contributed by atoms with van der Waals surface area (Å²) < 4.78 is 13.1. The zero-order valence-electron chi connectivity index (χ0n) is 18.5. The molecule has 0 unspecified atom stereocenters. The highest BCUT2D eigenvalue weighted by Crippen LogP contribution is 2.28. The highest BCUT2D eigenvalue weighted by Gasteiger charge is 2.23. The first-order valence-corrected chi connectivity index (χ1v) is 10.6. The number of pyridine rings is 1. The molecule has 0 saturated carbocycles. The van der Waals surface area contributed by atoms with Gasteiger partial charge in [0.25, 0.3) is 5.56 Å². The molecule has 10 heteroatoms. The number of rotatable bonds is 5. The third-order valence-electron chi connectivity index (χ3n) is 5.22. The summed E-state index contributed by atoms with van der Waals surface area (Å²) >= 11 is 6.24. The van der Waals surface area contributed by atoms with Gasteiger partial charge in [0.15, 0.2) is 0 Å². The van der Waals surface area contributed by atoms with Crippen molar-refractivity contribution in [2.24, 2.45) is 7.05 Å². The van der Waals surface area contributed by atoms with Crippen LogP contribution < -0.4 is 11.2 Å². The van der Waals surface area contributed by atoms with Crippen molar-refractivity contribution in [3.05, 3.63) is 78.9 Å². The number of ether oxygens (including phenoxy) is 1. The predicted octanol–water partition coefficient (Wildman–Crippen LogP) is 3.25. The number of nitrogens with zero attached hydrogens (tertiary/aromatic N) is 4. The zero-order valence-corrected chi connectivity index (χ0v) is 19.3. The first-order chi connectivity index (χ1) is 15.7. The van der Waals surface area contributed by atoms with E-state index in [2.05, 4.69) is 9.97 Å². The van der Waals surface area contributed by atoms with Crippen molar-refractivity contribution in [2.45, 2.75) is 27.3 Å². The van der Waals surface area contributed by atoms with Gasteiger partial charge in [-0.25, -0.2) is 19.6 Å². The van der Waals surface area contributed by atoms with Gasteiger partial charge in [-0.15, -0.1) is 0 Å². The van der Waals surface area contributed by atoms with Crippen LogP contribution in [0.5, 0.6) is 0 Å². The van der Waals surface area contributed by atoms with Crippen LogP contribution in [0.3, 0.4) is 0 Å². The van der Waals surface area contributed by atoms with E-state index in [0.717, 1.165) is 4.57 Å². The minimum Gasteiger partial charge on any atom is -0.462 e. The summed E-state index contributed by atoms with van der Waals surface area (Å²) in [5, 5.41) is 0.471. The molecule has 33 heavy (non-hydrogen) atoms. The van der Waals surface area contributed by atoms with Crippen LogP contribution in [0.15, 0.2) is 44.3 Å². The third-order valence-corrected chi connectivity index (χ3v) is 5.55. The monoisotopic (exact) mass is 468 g/mol. The van der Waals surface area contributed by atoms with E-state index in [1.54, 1.807) is 45.0 Å². The third kappa shape index (κ3) is 3.95. The molecule has 0 aliphatic rings. The molecule has 0 fully saturated rings. The molecule has 0 aliphatic carbocycles. The van der Waals surface area contributed by atoms with E-state index in [-0.39, 0.29) is 35.6 Å². The minimum atomic E-state index is -0.662. The van der Waals surface area contributed by atoms with Crippen LogP contribution in [0, 0.1) is 13.8 Å². The Morgan fingerprint density at radius 3 is 2.61 bits per heavy atom. The van der Waals surface area contributed by atoms with Crippen molar-refractivity contribution in [3.8, 4) is 11.5 Å². The standard InChI is InChI=1S/C23H21ClN4O5/c1-5-32-22(30)15-10-12(2)25-19-18(15)21(29)28(23(31)27(19)4)11-17-13(3)33-20(26-17)14-8-6-7-9-16(14)24/h6-10H,5,11H2,1-4H3. The number of halogens is 1. The van der Waals surface area contributed by atoms with Gasteiger partial charge in [-0.05, 0) is 39.0 Å². The van der Waals surface area contributed by atoms with Gasteiger partial charge < -0.3 is 9.15 Å². The molecule has 0 radical (unpaired) electrons. The molecule has 3 heterocycles. The van der Waals surface area contributed by atoms with Crippen LogP contribution >= 0.6 is 11.6 Å². The molecule has 0 bridgehead atoms. The fraction of sp³-hybridized carbons (Fsp3) is 0.261. The summed E-state index contributed by atoms with van der Waals surface area (Å²) in [5.74, 6) is 0.0591. The average Bonchev–Trinajstić information content (AvgIpc) is 3.15. The molecule has 1 aromatic carbocycles. The molecule has 9 nitrogen and oxygen atoms in total. The number of hydrogen-bond donors (Lipinski definition) is 0. The van der Waals surface area contributed by atoms with Gasteiger partial charge in [-0.2, -0.15) is 0 Å². The van der Waals surface area contributed by atoms with E-state index in [9.17, 15) is 14.4 Å². The average molecular weight is 469 g/mol. The second kappa shape index (κ2) is 8.67. The molecule has 0 aliphatic heterocycles. The largest absolute Gasteiger partial charge is 0.462 e. The summed E-state index contributed by atoms with van der Waals surface area (Å²) in [6.45, 7) is 5.02. The van der Waals surface area contributed by atoms with E-state index in [0.29, 0.717) is 27.7 Å². The van der Waals surface area contributed by atoms with E-state index < -0.39 is 17.2 Å². The Balaban J connectivity index is 1.90. The Morgan fingerprint density at radius 2 is 1.91 bits per heavy atom. The first kappa shape index (κ1) is 22.5. The van der Waals surface area contributed by atoms with Gasteiger partial charge >= 0.3 is 11.7 Å². The fourth-order valence-corrected chi connectivity index (χ4v) is 3.80. The zero-order chi connectivity index (χ0) is 23.9. The normalized spacial score (nSPS) is 11.2. The van der Waals surface area contributed by atoms with Crippen molar-refractivity contribution in [1.29, 1.82) is 0 Å². The number of carbonyl (C=O) groups excluding carboxylic acids is 1. The van der Waals surface area contributed by atoms with Gasteiger partial charge in [0, 0.05) is 12.7 Å². The summed E-state index contributed by atoms with van der Waals surface area (Å²) in [4.78, 5) is 47.8. The smallest absolute Gasteiger partial charge is 0.339 e. The molecule has 3 aromatic heterocycles. The lowest BCUT2D eigenvalue weighted by Crippen LogP contribution is -2.40. The van der Waals surface area contributed by atoms with Crippen molar-refractivity contribution >= 4 is 28.6 Å². The van der Waals surface area contributed by atoms with E-state index in [4.69, 9.17) is 20.8 Å². The molecule has 0 N–H and O–H groups in total.